The molecule has 0 spiro atoms. The van der Waals surface area contributed by atoms with Gasteiger partial charge >= 0.3 is 0 Å². The molecule has 0 aliphatic carbocycles. The minimum Gasteiger partial charge on any atom is -0.314 e. The highest BCUT2D eigenvalue weighted by Crippen LogP contribution is 2.21. The zero-order chi connectivity index (χ0) is 12.3. The summed E-state index contributed by atoms with van der Waals surface area (Å²) in [5.74, 6) is 0.890. The fourth-order valence-electron chi connectivity index (χ4n) is 1.84. The molecule has 0 saturated carbocycles. The van der Waals surface area contributed by atoms with Gasteiger partial charge in [-0.1, -0.05) is 13.8 Å². The zero-order valence-corrected chi connectivity index (χ0v) is 10.5. The fraction of sp³-hybridized carbons (Fsp3) is 0.500. The predicted molar refractivity (Wildman–Crippen MR) is 65.5 cm³/mol. The molecule has 5 heteroatoms. The van der Waals surface area contributed by atoms with E-state index >= 15 is 0 Å². The lowest BCUT2D eigenvalue weighted by Crippen LogP contribution is -2.03. The van der Waals surface area contributed by atoms with Crippen molar-refractivity contribution in [3.63, 3.8) is 0 Å². The fourth-order valence-corrected chi connectivity index (χ4v) is 1.84. The lowest BCUT2D eigenvalue weighted by molar-refractivity contribution is 0.681. The number of nitrogens with zero attached hydrogens (tertiary/aromatic N) is 5. The second-order valence-corrected chi connectivity index (χ2v) is 4.05. The summed E-state index contributed by atoms with van der Waals surface area (Å²) < 4.78 is 2.07. The molecular weight excluding hydrogens is 214 g/mol. The Labute approximate surface area is 101 Å². The van der Waals surface area contributed by atoms with Crippen molar-refractivity contribution in [2.24, 2.45) is 0 Å². The summed E-state index contributed by atoms with van der Waals surface area (Å²) in [4.78, 5) is 0. The van der Waals surface area contributed by atoms with E-state index in [9.17, 15) is 0 Å². The third-order valence-electron chi connectivity index (χ3n) is 2.65. The third kappa shape index (κ3) is 2.33. The van der Waals surface area contributed by atoms with Gasteiger partial charge in [0.15, 0.2) is 5.82 Å². The van der Waals surface area contributed by atoms with Gasteiger partial charge < -0.3 is 4.57 Å². The maximum absolute atomic E-state index is 4.22. The maximum atomic E-state index is 4.22. The van der Waals surface area contributed by atoms with Crippen molar-refractivity contribution in [2.75, 3.05) is 0 Å². The molecule has 0 saturated heterocycles. The first-order valence-corrected chi connectivity index (χ1v) is 5.97. The number of hydrogen-bond acceptors (Lipinski definition) is 4. The van der Waals surface area contributed by atoms with Crippen molar-refractivity contribution in [3.05, 3.63) is 23.8 Å². The van der Waals surface area contributed by atoms with E-state index in [0.717, 1.165) is 42.2 Å². The highest BCUT2D eigenvalue weighted by atomic mass is 15.3. The first kappa shape index (κ1) is 11.7. The number of aryl methyl sites for hydroxylation is 3. The van der Waals surface area contributed by atoms with Gasteiger partial charge in [-0.2, -0.15) is 10.2 Å². The lowest BCUT2D eigenvalue weighted by atomic mass is 10.1. The first-order chi connectivity index (χ1) is 8.26. The average molecular weight is 231 g/mol. The van der Waals surface area contributed by atoms with Gasteiger partial charge in [0.05, 0.1) is 11.4 Å². The van der Waals surface area contributed by atoms with Crippen molar-refractivity contribution in [1.29, 1.82) is 0 Å². The number of aromatic nitrogens is 5. The van der Waals surface area contributed by atoms with Gasteiger partial charge in [-0.05, 0) is 25.8 Å². The lowest BCUT2D eigenvalue weighted by Gasteiger charge is -2.08. The normalized spacial score (nSPS) is 10.8. The van der Waals surface area contributed by atoms with Crippen molar-refractivity contribution < 1.29 is 0 Å². The van der Waals surface area contributed by atoms with E-state index in [-0.39, 0.29) is 0 Å². The van der Waals surface area contributed by atoms with Crippen LogP contribution < -0.4 is 0 Å². The molecule has 0 bridgehead atoms. The van der Waals surface area contributed by atoms with E-state index in [2.05, 4.69) is 38.8 Å². The molecule has 0 aliphatic heterocycles. The van der Waals surface area contributed by atoms with Crippen LogP contribution in [0.15, 0.2) is 12.4 Å². The molecule has 0 atom stereocenters. The molecule has 5 nitrogen and oxygen atoms in total. The van der Waals surface area contributed by atoms with Gasteiger partial charge in [0.25, 0.3) is 0 Å². The monoisotopic (exact) mass is 231 g/mol. The average Bonchev–Trinajstić information content (AvgIpc) is 2.77. The van der Waals surface area contributed by atoms with Gasteiger partial charge in [0, 0.05) is 12.1 Å². The highest BCUT2D eigenvalue weighted by molar-refractivity contribution is 5.58. The van der Waals surface area contributed by atoms with Crippen molar-refractivity contribution in [1.82, 2.24) is 25.0 Å². The summed E-state index contributed by atoms with van der Waals surface area (Å²) >= 11 is 0. The van der Waals surface area contributed by atoms with Crippen molar-refractivity contribution in [2.45, 2.75) is 40.2 Å². The molecule has 0 N–H and O–H groups in total. The van der Waals surface area contributed by atoms with Crippen molar-refractivity contribution >= 4 is 0 Å². The Morgan fingerprint density at radius 3 is 2.71 bits per heavy atom. The summed E-state index contributed by atoms with van der Waals surface area (Å²) in [5.41, 5.74) is 2.93. The molecule has 2 aromatic rings. The van der Waals surface area contributed by atoms with Crippen LogP contribution in [0.2, 0.25) is 0 Å². The van der Waals surface area contributed by atoms with Gasteiger partial charge in [-0.15, -0.1) is 10.2 Å². The minimum atomic E-state index is 0.849. The Morgan fingerprint density at radius 2 is 2.00 bits per heavy atom. The molecule has 0 unspecified atom stereocenters. The summed E-state index contributed by atoms with van der Waals surface area (Å²) in [6.45, 7) is 7.08. The Morgan fingerprint density at radius 1 is 1.18 bits per heavy atom. The number of rotatable bonds is 4. The highest BCUT2D eigenvalue weighted by Gasteiger charge is 2.12. The van der Waals surface area contributed by atoms with Gasteiger partial charge in [0.2, 0.25) is 0 Å². The molecular formula is C12H17N5. The van der Waals surface area contributed by atoms with E-state index in [4.69, 9.17) is 0 Å². The summed E-state index contributed by atoms with van der Waals surface area (Å²) in [6, 6.07) is 2.03. The molecule has 2 aromatic heterocycles. The molecule has 0 radical (unpaired) electrons. The van der Waals surface area contributed by atoms with E-state index < -0.39 is 0 Å². The van der Waals surface area contributed by atoms with E-state index in [1.807, 2.05) is 13.0 Å². The van der Waals surface area contributed by atoms with E-state index in [1.165, 1.54) is 0 Å². The van der Waals surface area contributed by atoms with Crippen LogP contribution in [-0.2, 0) is 13.0 Å². The largest absolute Gasteiger partial charge is 0.314 e. The summed E-state index contributed by atoms with van der Waals surface area (Å²) in [5, 5.41) is 16.5. The SMILES string of the molecule is CCCn1cnnc1-c1cc(C)nnc1CC. The van der Waals surface area contributed by atoms with Crippen LogP contribution in [0.3, 0.4) is 0 Å². The zero-order valence-electron chi connectivity index (χ0n) is 10.5. The molecule has 0 amide bonds. The third-order valence-corrected chi connectivity index (χ3v) is 2.65. The Bertz CT molecular complexity index is 503. The Hall–Kier alpha value is -1.78. The second-order valence-electron chi connectivity index (χ2n) is 4.05. The second kappa shape index (κ2) is 5.03. The van der Waals surface area contributed by atoms with E-state index in [0.29, 0.717) is 0 Å². The molecule has 0 aliphatic rings. The van der Waals surface area contributed by atoms with Crippen LogP contribution in [0.25, 0.3) is 11.4 Å². The predicted octanol–water partition coefficient (Wildman–Crippen LogP) is 2.02. The summed E-state index contributed by atoms with van der Waals surface area (Å²) in [6.07, 6.45) is 3.68. The topological polar surface area (TPSA) is 56.5 Å². The molecule has 0 fully saturated rings. The molecule has 2 rings (SSSR count). The first-order valence-electron chi connectivity index (χ1n) is 5.97. The smallest absolute Gasteiger partial charge is 0.165 e. The quantitative estimate of drug-likeness (QED) is 0.807. The standard InChI is InChI=1S/C12H17N5/c1-4-6-17-8-13-16-12(17)10-7-9(3)14-15-11(10)5-2/h7-8H,4-6H2,1-3H3. The van der Waals surface area contributed by atoms with Gasteiger partial charge in [-0.3, -0.25) is 0 Å². The van der Waals surface area contributed by atoms with Crippen LogP contribution in [0, 0.1) is 6.92 Å². The minimum absolute atomic E-state index is 0.849. The maximum Gasteiger partial charge on any atom is 0.165 e. The van der Waals surface area contributed by atoms with Gasteiger partial charge in [-0.25, -0.2) is 0 Å². The summed E-state index contributed by atoms with van der Waals surface area (Å²) in [7, 11) is 0. The molecule has 0 aromatic carbocycles. The number of hydrogen-bond donors (Lipinski definition) is 0. The van der Waals surface area contributed by atoms with Crippen LogP contribution in [0.4, 0.5) is 0 Å². The van der Waals surface area contributed by atoms with Gasteiger partial charge in [0.1, 0.15) is 6.33 Å². The molecule has 17 heavy (non-hydrogen) atoms. The Balaban J connectivity index is 2.51. The van der Waals surface area contributed by atoms with E-state index in [1.54, 1.807) is 6.33 Å². The molecule has 90 valence electrons. The Kier molecular flexibility index (Phi) is 3.46. The van der Waals surface area contributed by atoms with Crippen LogP contribution in [-0.4, -0.2) is 25.0 Å². The van der Waals surface area contributed by atoms with Crippen LogP contribution >= 0.6 is 0 Å². The van der Waals surface area contributed by atoms with Crippen molar-refractivity contribution in [3.8, 4) is 11.4 Å². The van der Waals surface area contributed by atoms with Crippen LogP contribution in [0.1, 0.15) is 31.7 Å². The van der Waals surface area contributed by atoms with Crippen LogP contribution in [0.5, 0.6) is 0 Å². The molecule has 2 heterocycles.